The molecule has 0 saturated carbocycles. The van der Waals surface area contributed by atoms with Gasteiger partial charge in [-0.05, 0) is 12.1 Å². The lowest BCUT2D eigenvalue weighted by Gasteiger charge is -2.20. The molecule has 0 aliphatic rings. The molecule has 0 amide bonds. The molecule has 0 bridgehead atoms. The first kappa shape index (κ1) is 18.9. The largest absolute Gasteiger partial charge is 0.417 e. The molecule has 0 aromatic heterocycles. The van der Waals surface area contributed by atoms with Crippen LogP contribution >= 0.6 is 0 Å². The minimum absolute atomic E-state index is 0.0723. The molecule has 134 valence electrons. The van der Waals surface area contributed by atoms with Crippen LogP contribution in [0.3, 0.4) is 0 Å². The molecule has 0 spiro atoms. The van der Waals surface area contributed by atoms with E-state index in [2.05, 4.69) is 0 Å². The van der Waals surface area contributed by atoms with E-state index in [9.17, 15) is 31.7 Å². The Morgan fingerprint density at radius 1 is 1.08 bits per heavy atom. The molecule has 25 heavy (non-hydrogen) atoms. The van der Waals surface area contributed by atoms with Crippen LogP contribution in [0.1, 0.15) is 11.1 Å². The lowest BCUT2D eigenvalue weighted by Crippen LogP contribution is -2.28. The van der Waals surface area contributed by atoms with E-state index in [4.69, 9.17) is 0 Å². The fourth-order valence-electron chi connectivity index (χ4n) is 2.24. The Morgan fingerprint density at radius 3 is 2.24 bits per heavy atom. The Hall–Kier alpha value is -2.46. The van der Waals surface area contributed by atoms with Crippen molar-refractivity contribution in [1.29, 1.82) is 0 Å². The third-order valence-electron chi connectivity index (χ3n) is 3.46. The van der Waals surface area contributed by atoms with E-state index in [0.717, 1.165) is 19.2 Å². The third-order valence-corrected chi connectivity index (χ3v) is 5.32. The van der Waals surface area contributed by atoms with Gasteiger partial charge in [0.05, 0.1) is 15.4 Å². The molecule has 0 saturated heterocycles. The third kappa shape index (κ3) is 3.97. The first-order valence-corrected chi connectivity index (χ1v) is 8.34. The van der Waals surface area contributed by atoms with E-state index in [1.54, 1.807) is 0 Å². The van der Waals surface area contributed by atoms with Crippen LogP contribution in [0.25, 0.3) is 0 Å². The van der Waals surface area contributed by atoms with E-state index >= 15 is 0 Å². The van der Waals surface area contributed by atoms with E-state index in [-0.39, 0.29) is 11.3 Å². The molecule has 2 aromatic rings. The molecule has 0 heterocycles. The number of nitrogens with zero attached hydrogens (tertiary/aromatic N) is 2. The second-order valence-electron chi connectivity index (χ2n) is 5.14. The van der Waals surface area contributed by atoms with Crippen molar-refractivity contribution in [3.63, 3.8) is 0 Å². The molecule has 10 heteroatoms. The highest BCUT2D eigenvalue weighted by Gasteiger charge is 2.38. The van der Waals surface area contributed by atoms with Crippen LogP contribution < -0.4 is 0 Å². The second-order valence-corrected chi connectivity index (χ2v) is 7.15. The summed E-state index contributed by atoms with van der Waals surface area (Å²) in [7, 11) is -3.43. The maximum atomic E-state index is 13.1. The standard InChI is InChI=1S/C15H13F3N2O4S/c1-19(10-11-6-2-4-8-13(11)20(21)22)25(23,24)14-9-5-3-7-12(14)15(16,17)18/h2-9H,10H2,1H3. The highest BCUT2D eigenvalue weighted by molar-refractivity contribution is 7.89. The Bertz CT molecular complexity index is 898. The molecule has 0 radical (unpaired) electrons. The van der Waals surface area contributed by atoms with Gasteiger partial charge in [0.15, 0.2) is 0 Å². The van der Waals surface area contributed by atoms with Crippen molar-refractivity contribution in [2.45, 2.75) is 17.6 Å². The Labute approximate surface area is 141 Å². The zero-order valence-corrected chi connectivity index (χ0v) is 13.7. The number of sulfonamides is 1. The number of benzene rings is 2. The van der Waals surface area contributed by atoms with E-state index in [1.807, 2.05) is 0 Å². The van der Waals surface area contributed by atoms with Gasteiger partial charge in [0, 0.05) is 25.2 Å². The number of para-hydroxylation sites is 1. The SMILES string of the molecule is CN(Cc1ccccc1[N+](=O)[O-])S(=O)(=O)c1ccccc1C(F)(F)F. The van der Waals surface area contributed by atoms with Crippen molar-refractivity contribution in [1.82, 2.24) is 4.31 Å². The summed E-state index contributed by atoms with van der Waals surface area (Å²) in [5, 5.41) is 11.0. The zero-order valence-electron chi connectivity index (χ0n) is 12.9. The van der Waals surface area contributed by atoms with Crippen molar-refractivity contribution in [2.75, 3.05) is 7.05 Å². The van der Waals surface area contributed by atoms with Crippen LogP contribution in [0.2, 0.25) is 0 Å². The van der Waals surface area contributed by atoms with Gasteiger partial charge < -0.3 is 0 Å². The van der Waals surface area contributed by atoms with Crippen LogP contribution in [0.15, 0.2) is 53.4 Å². The molecule has 0 aliphatic carbocycles. The summed E-state index contributed by atoms with van der Waals surface area (Å²) in [5.74, 6) is 0. The van der Waals surface area contributed by atoms with Gasteiger partial charge in [0.2, 0.25) is 10.0 Å². The zero-order chi connectivity index (χ0) is 18.8. The second kappa shape index (κ2) is 6.81. The molecule has 6 nitrogen and oxygen atoms in total. The summed E-state index contributed by atoms with van der Waals surface area (Å²) >= 11 is 0. The summed E-state index contributed by atoms with van der Waals surface area (Å²) in [6.45, 7) is -0.439. The minimum Gasteiger partial charge on any atom is -0.258 e. The predicted molar refractivity (Wildman–Crippen MR) is 83.2 cm³/mol. The van der Waals surface area contributed by atoms with Crippen molar-refractivity contribution in [3.8, 4) is 0 Å². The quantitative estimate of drug-likeness (QED) is 0.593. The van der Waals surface area contributed by atoms with Crippen molar-refractivity contribution in [2.24, 2.45) is 0 Å². The van der Waals surface area contributed by atoms with Crippen molar-refractivity contribution < 1.29 is 26.5 Å². The monoisotopic (exact) mass is 374 g/mol. The smallest absolute Gasteiger partial charge is 0.258 e. The molecule has 0 unspecified atom stereocenters. The van der Waals surface area contributed by atoms with Gasteiger partial charge >= 0.3 is 6.18 Å². The number of nitro benzene ring substituents is 1. The predicted octanol–water partition coefficient (Wildman–Crippen LogP) is 3.43. The number of halogens is 3. The first-order valence-electron chi connectivity index (χ1n) is 6.90. The fourth-order valence-corrected chi connectivity index (χ4v) is 3.60. The van der Waals surface area contributed by atoms with E-state index < -0.39 is 38.1 Å². The molecule has 0 atom stereocenters. The van der Waals surface area contributed by atoms with Gasteiger partial charge in [-0.15, -0.1) is 0 Å². The summed E-state index contributed by atoms with van der Waals surface area (Å²) < 4.78 is 64.9. The van der Waals surface area contributed by atoms with Gasteiger partial charge in [-0.3, -0.25) is 10.1 Å². The normalized spacial score (nSPS) is 12.4. The summed E-state index contributed by atoms with van der Waals surface area (Å²) in [4.78, 5) is 9.42. The molecule has 2 rings (SSSR count). The highest BCUT2D eigenvalue weighted by atomic mass is 32.2. The Morgan fingerprint density at radius 2 is 1.64 bits per heavy atom. The lowest BCUT2D eigenvalue weighted by atomic mass is 10.2. The Kier molecular flexibility index (Phi) is 5.14. The summed E-state index contributed by atoms with van der Waals surface area (Å²) in [5.41, 5.74) is -1.53. The van der Waals surface area contributed by atoms with Crippen LogP contribution in [-0.2, 0) is 22.7 Å². The number of hydrogen-bond acceptors (Lipinski definition) is 4. The average Bonchev–Trinajstić information content (AvgIpc) is 2.54. The van der Waals surface area contributed by atoms with Crippen LogP contribution in [0.4, 0.5) is 18.9 Å². The van der Waals surface area contributed by atoms with Gasteiger partial charge in [0.25, 0.3) is 5.69 Å². The fraction of sp³-hybridized carbons (Fsp3) is 0.200. The molecular formula is C15H13F3N2O4S. The number of nitro groups is 1. The van der Waals surface area contributed by atoms with Gasteiger partial charge in [0.1, 0.15) is 0 Å². The average molecular weight is 374 g/mol. The minimum atomic E-state index is -4.84. The topological polar surface area (TPSA) is 80.5 Å². The summed E-state index contributed by atoms with van der Waals surface area (Å²) in [6, 6.07) is 9.23. The number of hydrogen-bond donors (Lipinski definition) is 0. The Balaban J connectivity index is 2.44. The van der Waals surface area contributed by atoms with Crippen LogP contribution in [0.5, 0.6) is 0 Å². The number of rotatable bonds is 5. The molecule has 0 N–H and O–H groups in total. The van der Waals surface area contributed by atoms with Gasteiger partial charge in [-0.25, -0.2) is 8.42 Å². The summed E-state index contributed by atoms with van der Waals surface area (Å²) in [6.07, 6.45) is -4.84. The van der Waals surface area contributed by atoms with Crippen molar-refractivity contribution in [3.05, 3.63) is 69.8 Å². The van der Waals surface area contributed by atoms with Gasteiger partial charge in [-0.2, -0.15) is 17.5 Å². The van der Waals surface area contributed by atoms with Crippen LogP contribution in [0, 0.1) is 10.1 Å². The first-order chi connectivity index (χ1) is 11.5. The maximum Gasteiger partial charge on any atom is 0.417 e. The molecule has 0 fully saturated rings. The molecular weight excluding hydrogens is 361 g/mol. The highest BCUT2D eigenvalue weighted by Crippen LogP contribution is 2.35. The molecule has 2 aromatic carbocycles. The van der Waals surface area contributed by atoms with E-state index in [0.29, 0.717) is 10.4 Å². The molecule has 0 aliphatic heterocycles. The number of alkyl halides is 3. The van der Waals surface area contributed by atoms with Crippen LogP contribution in [-0.4, -0.2) is 24.7 Å². The van der Waals surface area contributed by atoms with E-state index in [1.165, 1.54) is 30.3 Å². The lowest BCUT2D eigenvalue weighted by molar-refractivity contribution is -0.385. The van der Waals surface area contributed by atoms with Crippen molar-refractivity contribution >= 4 is 15.7 Å². The van der Waals surface area contributed by atoms with Gasteiger partial charge in [-0.1, -0.05) is 30.3 Å². The maximum absolute atomic E-state index is 13.1.